The van der Waals surface area contributed by atoms with Crippen molar-refractivity contribution in [2.45, 2.75) is 50.5 Å². The maximum absolute atomic E-state index is 12.5. The Bertz CT molecular complexity index is 629. The van der Waals surface area contributed by atoms with E-state index in [1.54, 1.807) is 4.90 Å². The average molecular weight is 365 g/mol. The van der Waals surface area contributed by atoms with Gasteiger partial charge in [0, 0.05) is 24.2 Å². The second-order valence-electron chi connectivity index (χ2n) is 7.16. The lowest BCUT2D eigenvalue weighted by Gasteiger charge is -2.34. The van der Waals surface area contributed by atoms with Gasteiger partial charge in [0.2, 0.25) is 0 Å². The highest BCUT2D eigenvalue weighted by atomic mass is 35.5. The maximum atomic E-state index is 12.5. The minimum Gasteiger partial charge on any atom is -0.481 e. The van der Waals surface area contributed by atoms with E-state index in [-0.39, 0.29) is 18.0 Å². The monoisotopic (exact) mass is 364 g/mol. The van der Waals surface area contributed by atoms with E-state index in [0.29, 0.717) is 31.8 Å². The van der Waals surface area contributed by atoms with Crippen molar-refractivity contribution in [3.8, 4) is 0 Å². The van der Waals surface area contributed by atoms with Crippen LogP contribution in [0.5, 0.6) is 0 Å². The number of carboxylic acids is 1. The van der Waals surface area contributed by atoms with Crippen LogP contribution in [0.3, 0.4) is 0 Å². The third-order valence-electron chi connectivity index (χ3n) is 5.45. The zero-order valence-electron chi connectivity index (χ0n) is 14.3. The molecule has 2 atom stereocenters. The zero-order chi connectivity index (χ0) is 17.8. The van der Waals surface area contributed by atoms with Gasteiger partial charge in [-0.15, -0.1) is 0 Å². The number of piperidine rings is 1. The third kappa shape index (κ3) is 4.66. The van der Waals surface area contributed by atoms with Gasteiger partial charge >= 0.3 is 12.0 Å². The highest BCUT2D eigenvalue weighted by Crippen LogP contribution is 2.34. The number of nitrogens with zero attached hydrogens (tertiary/aromatic N) is 1. The number of hydrogen-bond donors (Lipinski definition) is 2. The average Bonchev–Trinajstić information content (AvgIpc) is 2.62. The van der Waals surface area contributed by atoms with Crippen LogP contribution in [0.25, 0.3) is 0 Å². The zero-order valence-corrected chi connectivity index (χ0v) is 15.0. The van der Waals surface area contributed by atoms with E-state index >= 15 is 0 Å². The first kappa shape index (κ1) is 18.1. The summed E-state index contributed by atoms with van der Waals surface area (Å²) in [5, 5.41) is 13.0. The molecule has 1 aromatic carbocycles. The van der Waals surface area contributed by atoms with Gasteiger partial charge in [-0.1, -0.05) is 30.2 Å². The van der Waals surface area contributed by atoms with Crippen LogP contribution in [0.4, 0.5) is 4.79 Å². The van der Waals surface area contributed by atoms with Crippen LogP contribution in [0, 0.1) is 5.92 Å². The number of carbonyl (C=O) groups excluding carboxylic acids is 1. The summed E-state index contributed by atoms with van der Waals surface area (Å²) in [7, 11) is 0. The fourth-order valence-corrected chi connectivity index (χ4v) is 4.18. The molecule has 5 nitrogen and oxygen atoms in total. The largest absolute Gasteiger partial charge is 0.481 e. The molecule has 2 aliphatic rings. The molecule has 2 unspecified atom stereocenters. The Morgan fingerprint density at radius 1 is 1.16 bits per heavy atom. The lowest BCUT2D eigenvalue weighted by atomic mass is 9.81. The summed E-state index contributed by atoms with van der Waals surface area (Å²) in [6.45, 7) is 1.04. The van der Waals surface area contributed by atoms with Gasteiger partial charge in [0.05, 0.1) is 5.92 Å². The molecule has 0 radical (unpaired) electrons. The number of carboxylic acid groups (broad SMARTS) is 1. The van der Waals surface area contributed by atoms with Crippen molar-refractivity contribution in [1.82, 2.24) is 10.2 Å². The fourth-order valence-electron chi connectivity index (χ4n) is 3.98. The number of urea groups is 1. The van der Waals surface area contributed by atoms with Crippen molar-refractivity contribution in [1.29, 1.82) is 0 Å². The molecule has 2 fully saturated rings. The first-order chi connectivity index (χ1) is 12.0. The summed E-state index contributed by atoms with van der Waals surface area (Å²) in [6.07, 6.45) is 5.21. The Balaban J connectivity index is 1.52. The van der Waals surface area contributed by atoms with Crippen molar-refractivity contribution in [2.75, 3.05) is 13.1 Å². The summed E-state index contributed by atoms with van der Waals surface area (Å²) in [5.74, 6) is -0.641. The van der Waals surface area contributed by atoms with E-state index < -0.39 is 5.97 Å². The molecule has 0 bridgehead atoms. The SMILES string of the molecule is O=C(O)C1CCN(C(=O)NC2CCCC(c3cccc(Cl)c3)C2)CC1. The molecule has 25 heavy (non-hydrogen) atoms. The second kappa shape index (κ2) is 8.09. The number of hydrogen-bond acceptors (Lipinski definition) is 2. The Kier molecular flexibility index (Phi) is 5.84. The van der Waals surface area contributed by atoms with Crippen LogP contribution < -0.4 is 5.32 Å². The number of carbonyl (C=O) groups is 2. The summed E-state index contributed by atoms with van der Waals surface area (Å²) in [4.78, 5) is 25.3. The standard InChI is InChI=1S/C19H25ClN2O3/c20-16-5-1-3-14(11-16)15-4-2-6-17(12-15)21-19(25)22-9-7-13(8-10-22)18(23)24/h1,3,5,11,13,15,17H,2,4,6-10,12H2,(H,21,25)(H,23,24). The summed E-state index contributed by atoms with van der Waals surface area (Å²) < 4.78 is 0. The molecule has 1 saturated heterocycles. The van der Waals surface area contributed by atoms with Gasteiger partial charge in [-0.25, -0.2) is 4.79 Å². The van der Waals surface area contributed by atoms with Crippen LogP contribution in [-0.2, 0) is 4.79 Å². The summed E-state index contributed by atoms with van der Waals surface area (Å²) in [6, 6.07) is 8.10. The van der Waals surface area contributed by atoms with Crippen LogP contribution in [-0.4, -0.2) is 41.1 Å². The molecule has 0 aromatic heterocycles. The van der Waals surface area contributed by atoms with E-state index in [9.17, 15) is 9.59 Å². The van der Waals surface area contributed by atoms with Gasteiger partial charge in [-0.2, -0.15) is 0 Å². The van der Waals surface area contributed by atoms with Gasteiger partial charge in [0.15, 0.2) is 0 Å². The first-order valence-corrected chi connectivity index (χ1v) is 9.44. The van der Waals surface area contributed by atoms with E-state index in [1.165, 1.54) is 5.56 Å². The summed E-state index contributed by atoms with van der Waals surface area (Å²) in [5.41, 5.74) is 1.24. The number of amides is 2. The lowest BCUT2D eigenvalue weighted by molar-refractivity contribution is -0.143. The summed E-state index contributed by atoms with van der Waals surface area (Å²) >= 11 is 6.10. The van der Waals surface area contributed by atoms with E-state index in [0.717, 1.165) is 30.7 Å². The highest BCUT2D eigenvalue weighted by molar-refractivity contribution is 6.30. The molecule has 6 heteroatoms. The molecule has 1 aromatic rings. The van der Waals surface area contributed by atoms with Gasteiger partial charge in [0.1, 0.15) is 0 Å². The number of likely N-dealkylation sites (tertiary alicyclic amines) is 1. The predicted octanol–water partition coefficient (Wildman–Crippen LogP) is 3.87. The van der Waals surface area contributed by atoms with Crippen LogP contribution in [0.15, 0.2) is 24.3 Å². The van der Waals surface area contributed by atoms with Crippen molar-refractivity contribution >= 4 is 23.6 Å². The van der Waals surface area contributed by atoms with Gasteiger partial charge < -0.3 is 15.3 Å². The molecule has 1 heterocycles. The molecule has 2 N–H and O–H groups in total. The molecule has 136 valence electrons. The van der Waals surface area contributed by atoms with E-state index in [2.05, 4.69) is 11.4 Å². The maximum Gasteiger partial charge on any atom is 0.317 e. The number of aliphatic carboxylic acids is 1. The van der Waals surface area contributed by atoms with Crippen LogP contribution >= 0.6 is 11.6 Å². The quantitative estimate of drug-likeness (QED) is 0.855. The Labute approximate surface area is 153 Å². The Morgan fingerprint density at radius 3 is 2.60 bits per heavy atom. The minimum atomic E-state index is -0.753. The number of rotatable bonds is 3. The van der Waals surface area contributed by atoms with Crippen molar-refractivity contribution in [3.63, 3.8) is 0 Å². The molecular formula is C19H25ClN2O3. The molecule has 1 aliphatic carbocycles. The number of nitrogens with one attached hydrogen (secondary N) is 1. The normalized spacial score (nSPS) is 24.8. The fraction of sp³-hybridized carbons (Fsp3) is 0.579. The lowest BCUT2D eigenvalue weighted by Crippen LogP contribution is -2.49. The Hall–Kier alpha value is -1.75. The van der Waals surface area contributed by atoms with Crippen molar-refractivity contribution in [2.24, 2.45) is 5.92 Å². The van der Waals surface area contributed by atoms with Crippen LogP contribution in [0.1, 0.15) is 50.0 Å². The second-order valence-corrected chi connectivity index (χ2v) is 7.60. The molecule has 1 saturated carbocycles. The van der Waals surface area contributed by atoms with Gasteiger partial charge in [0.25, 0.3) is 0 Å². The molecular weight excluding hydrogens is 340 g/mol. The first-order valence-electron chi connectivity index (χ1n) is 9.06. The van der Waals surface area contributed by atoms with Crippen LogP contribution in [0.2, 0.25) is 5.02 Å². The topological polar surface area (TPSA) is 69.6 Å². The Morgan fingerprint density at radius 2 is 1.92 bits per heavy atom. The van der Waals surface area contributed by atoms with Crippen molar-refractivity contribution < 1.29 is 14.7 Å². The predicted molar refractivity (Wildman–Crippen MR) is 96.9 cm³/mol. The van der Waals surface area contributed by atoms with E-state index in [4.69, 9.17) is 16.7 Å². The van der Waals surface area contributed by atoms with Crippen molar-refractivity contribution in [3.05, 3.63) is 34.9 Å². The number of halogens is 1. The third-order valence-corrected chi connectivity index (χ3v) is 5.69. The number of benzene rings is 1. The van der Waals surface area contributed by atoms with E-state index in [1.807, 2.05) is 18.2 Å². The molecule has 2 amide bonds. The van der Waals surface area contributed by atoms with Gasteiger partial charge in [-0.3, -0.25) is 4.79 Å². The smallest absolute Gasteiger partial charge is 0.317 e. The van der Waals surface area contributed by atoms with Gasteiger partial charge in [-0.05, 0) is 55.7 Å². The minimum absolute atomic E-state index is 0.0550. The molecule has 0 spiro atoms. The molecule has 1 aliphatic heterocycles. The highest BCUT2D eigenvalue weighted by Gasteiger charge is 2.29. The molecule has 3 rings (SSSR count).